The smallest absolute Gasteiger partial charge is 0.222 e. The van der Waals surface area contributed by atoms with Crippen molar-refractivity contribution < 1.29 is 9.53 Å². The highest BCUT2D eigenvalue weighted by Crippen LogP contribution is 2.25. The van der Waals surface area contributed by atoms with Gasteiger partial charge < -0.3 is 10.1 Å². The Kier molecular flexibility index (Phi) is 6.24. The fourth-order valence-electron chi connectivity index (χ4n) is 2.72. The number of hydrogen-bond donors (Lipinski definition) is 1. The lowest BCUT2D eigenvalue weighted by molar-refractivity contribution is -0.124. The van der Waals surface area contributed by atoms with Crippen LogP contribution in [0.5, 0.6) is 0 Å². The molecule has 0 saturated carbocycles. The number of thiazole rings is 1. The SMILES string of the molecule is O=C(CC1CCCCO1)NCCc1csc(-c2ccc(Cl)cc2)n1. The van der Waals surface area contributed by atoms with E-state index in [0.29, 0.717) is 13.0 Å². The number of nitrogens with one attached hydrogen (secondary N) is 1. The van der Waals surface area contributed by atoms with E-state index in [2.05, 4.69) is 10.3 Å². The molecule has 1 amide bonds. The zero-order valence-corrected chi connectivity index (χ0v) is 15.0. The predicted molar refractivity (Wildman–Crippen MR) is 97.5 cm³/mol. The van der Waals surface area contributed by atoms with Crippen LogP contribution in [-0.2, 0) is 16.0 Å². The fourth-order valence-corrected chi connectivity index (χ4v) is 3.71. The maximum Gasteiger partial charge on any atom is 0.222 e. The van der Waals surface area contributed by atoms with Gasteiger partial charge in [-0.1, -0.05) is 23.7 Å². The van der Waals surface area contributed by atoms with E-state index in [4.69, 9.17) is 16.3 Å². The van der Waals surface area contributed by atoms with Gasteiger partial charge in [-0.3, -0.25) is 4.79 Å². The van der Waals surface area contributed by atoms with Gasteiger partial charge in [0, 0.05) is 35.5 Å². The van der Waals surface area contributed by atoms with Crippen LogP contribution in [0.4, 0.5) is 0 Å². The average molecular weight is 365 g/mol. The number of ether oxygens (including phenoxy) is 1. The molecular formula is C18H21ClN2O2S. The lowest BCUT2D eigenvalue weighted by Crippen LogP contribution is -2.31. The summed E-state index contributed by atoms with van der Waals surface area (Å²) >= 11 is 7.52. The molecule has 24 heavy (non-hydrogen) atoms. The molecule has 1 unspecified atom stereocenters. The maximum absolute atomic E-state index is 11.9. The highest BCUT2D eigenvalue weighted by atomic mass is 35.5. The molecule has 2 heterocycles. The Hall–Kier alpha value is -1.43. The maximum atomic E-state index is 11.9. The highest BCUT2D eigenvalue weighted by molar-refractivity contribution is 7.13. The summed E-state index contributed by atoms with van der Waals surface area (Å²) in [5, 5.41) is 6.70. The first-order chi connectivity index (χ1) is 11.7. The van der Waals surface area contributed by atoms with Gasteiger partial charge in [0.05, 0.1) is 18.2 Å². The molecule has 0 aliphatic carbocycles. The molecule has 0 bridgehead atoms. The molecule has 2 aromatic rings. The van der Waals surface area contributed by atoms with Gasteiger partial charge in [0.1, 0.15) is 5.01 Å². The Morgan fingerprint density at radius 3 is 2.92 bits per heavy atom. The van der Waals surface area contributed by atoms with Crippen molar-refractivity contribution in [2.24, 2.45) is 0 Å². The van der Waals surface area contributed by atoms with E-state index in [0.717, 1.165) is 53.6 Å². The minimum Gasteiger partial charge on any atom is -0.378 e. The van der Waals surface area contributed by atoms with Crippen LogP contribution in [0, 0.1) is 0 Å². The number of nitrogens with zero attached hydrogens (tertiary/aromatic N) is 1. The van der Waals surface area contributed by atoms with Crippen LogP contribution in [0.15, 0.2) is 29.6 Å². The minimum absolute atomic E-state index is 0.0649. The summed E-state index contributed by atoms with van der Waals surface area (Å²) in [6.45, 7) is 1.39. The third-order valence-corrected chi connectivity index (χ3v) is 5.23. The van der Waals surface area contributed by atoms with Crippen LogP contribution in [-0.4, -0.2) is 30.1 Å². The Bertz CT molecular complexity index is 666. The lowest BCUT2D eigenvalue weighted by Gasteiger charge is -2.21. The number of carbonyl (C=O) groups is 1. The Labute approximate surface area is 151 Å². The molecule has 1 saturated heterocycles. The molecule has 1 aromatic carbocycles. The van der Waals surface area contributed by atoms with Gasteiger partial charge in [0.15, 0.2) is 0 Å². The topological polar surface area (TPSA) is 51.2 Å². The Morgan fingerprint density at radius 1 is 1.33 bits per heavy atom. The molecule has 0 spiro atoms. The number of rotatable bonds is 6. The summed E-state index contributed by atoms with van der Waals surface area (Å²) in [4.78, 5) is 16.6. The Morgan fingerprint density at radius 2 is 2.17 bits per heavy atom. The summed E-state index contributed by atoms with van der Waals surface area (Å²) < 4.78 is 5.59. The van der Waals surface area contributed by atoms with Gasteiger partial charge in [-0.15, -0.1) is 11.3 Å². The molecule has 6 heteroatoms. The molecule has 3 rings (SSSR count). The molecule has 4 nitrogen and oxygen atoms in total. The van der Waals surface area contributed by atoms with Crippen LogP contribution < -0.4 is 5.32 Å². The quantitative estimate of drug-likeness (QED) is 0.840. The Balaban J connectivity index is 1.43. The van der Waals surface area contributed by atoms with E-state index >= 15 is 0 Å². The zero-order valence-electron chi connectivity index (χ0n) is 13.5. The van der Waals surface area contributed by atoms with Crippen LogP contribution in [0.2, 0.25) is 5.02 Å². The number of halogens is 1. The number of aromatic nitrogens is 1. The van der Waals surface area contributed by atoms with Gasteiger partial charge in [-0.25, -0.2) is 4.98 Å². The minimum atomic E-state index is 0.0649. The van der Waals surface area contributed by atoms with Crippen molar-refractivity contribution in [3.05, 3.63) is 40.4 Å². The second-order valence-corrected chi connectivity index (χ2v) is 7.24. The second kappa shape index (κ2) is 8.60. The standard InChI is InChI=1S/C18H21ClN2O2S/c19-14-6-4-13(5-7-14)18-21-15(12-24-18)8-9-20-17(22)11-16-3-1-2-10-23-16/h4-7,12,16H,1-3,8-11H2,(H,20,22). The number of amides is 1. The van der Waals surface area contributed by atoms with Crippen LogP contribution >= 0.6 is 22.9 Å². The van der Waals surface area contributed by atoms with Crippen molar-refractivity contribution in [1.29, 1.82) is 0 Å². The van der Waals surface area contributed by atoms with Gasteiger partial charge in [0.2, 0.25) is 5.91 Å². The summed E-state index contributed by atoms with van der Waals surface area (Å²) in [6.07, 6.45) is 4.55. The van der Waals surface area contributed by atoms with E-state index in [9.17, 15) is 4.79 Å². The zero-order chi connectivity index (χ0) is 16.8. The van der Waals surface area contributed by atoms with Crippen molar-refractivity contribution in [1.82, 2.24) is 10.3 Å². The number of carbonyl (C=O) groups excluding carboxylic acids is 1. The number of hydrogen-bond acceptors (Lipinski definition) is 4. The third kappa shape index (κ3) is 5.03. The molecule has 1 N–H and O–H groups in total. The van der Waals surface area contributed by atoms with E-state index in [1.54, 1.807) is 11.3 Å². The summed E-state index contributed by atoms with van der Waals surface area (Å²) in [6, 6.07) is 7.67. The molecule has 1 aliphatic rings. The van der Waals surface area contributed by atoms with Crippen LogP contribution in [0.1, 0.15) is 31.4 Å². The molecule has 1 aromatic heterocycles. The average Bonchev–Trinajstić information content (AvgIpc) is 3.05. The predicted octanol–water partition coefficient (Wildman–Crippen LogP) is 4.08. The van der Waals surface area contributed by atoms with Gasteiger partial charge in [0.25, 0.3) is 0 Å². The first-order valence-electron chi connectivity index (χ1n) is 8.29. The van der Waals surface area contributed by atoms with Crippen molar-refractivity contribution >= 4 is 28.8 Å². The van der Waals surface area contributed by atoms with E-state index in [1.165, 1.54) is 0 Å². The van der Waals surface area contributed by atoms with Crippen molar-refractivity contribution in [3.63, 3.8) is 0 Å². The second-order valence-electron chi connectivity index (χ2n) is 5.94. The number of benzene rings is 1. The van der Waals surface area contributed by atoms with E-state index in [1.807, 2.05) is 29.6 Å². The summed E-state index contributed by atoms with van der Waals surface area (Å²) in [5.41, 5.74) is 2.06. The van der Waals surface area contributed by atoms with Crippen LogP contribution in [0.3, 0.4) is 0 Å². The molecular weight excluding hydrogens is 344 g/mol. The molecule has 1 aliphatic heterocycles. The van der Waals surface area contributed by atoms with Crippen LogP contribution in [0.25, 0.3) is 10.6 Å². The summed E-state index contributed by atoms with van der Waals surface area (Å²) in [5.74, 6) is 0.0649. The van der Waals surface area contributed by atoms with Gasteiger partial charge >= 0.3 is 0 Å². The molecule has 1 fully saturated rings. The fraction of sp³-hybridized carbons (Fsp3) is 0.444. The van der Waals surface area contributed by atoms with Crippen molar-refractivity contribution in [2.45, 2.75) is 38.2 Å². The van der Waals surface area contributed by atoms with E-state index < -0.39 is 0 Å². The normalized spacial score (nSPS) is 17.6. The van der Waals surface area contributed by atoms with Crippen molar-refractivity contribution in [3.8, 4) is 10.6 Å². The molecule has 128 valence electrons. The summed E-state index contributed by atoms with van der Waals surface area (Å²) in [7, 11) is 0. The van der Waals surface area contributed by atoms with Gasteiger partial charge in [-0.2, -0.15) is 0 Å². The lowest BCUT2D eigenvalue weighted by atomic mass is 10.1. The molecule has 0 radical (unpaired) electrons. The molecule has 1 atom stereocenters. The highest BCUT2D eigenvalue weighted by Gasteiger charge is 2.17. The van der Waals surface area contributed by atoms with Gasteiger partial charge in [-0.05, 0) is 31.4 Å². The monoisotopic (exact) mass is 364 g/mol. The third-order valence-electron chi connectivity index (χ3n) is 4.03. The largest absolute Gasteiger partial charge is 0.378 e. The first-order valence-corrected chi connectivity index (χ1v) is 9.55. The van der Waals surface area contributed by atoms with E-state index in [-0.39, 0.29) is 12.0 Å². The van der Waals surface area contributed by atoms with Crippen molar-refractivity contribution in [2.75, 3.05) is 13.2 Å². The first kappa shape index (κ1) is 17.4.